The Morgan fingerprint density at radius 3 is 2.62 bits per heavy atom. The first kappa shape index (κ1) is 27.1. The molecule has 3 N–H and O–H groups in total. The van der Waals surface area contributed by atoms with E-state index in [0.29, 0.717) is 24.5 Å². The van der Waals surface area contributed by atoms with Gasteiger partial charge in [0.15, 0.2) is 0 Å². The number of piperidine rings is 1. The first-order chi connectivity index (χ1) is 19.2. The molecule has 208 valence electrons. The molecule has 0 unspecified atom stereocenters. The molecule has 1 saturated heterocycles. The fourth-order valence-electron chi connectivity index (χ4n) is 5.09. The molecule has 0 saturated carbocycles. The molecule has 4 aromatic rings. The molecule has 4 heterocycles. The van der Waals surface area contributed by atoms with E-state index in [9.17, 15) is 23.1 Å². The van der Waals surface area contributed by atoms with Crippen molar-refractivity contribution in [2.45, 2.75) is 32.5 Å². The quantitative estimate of drug-likeness (QED) is 0.309. The van der Waals surface area contributed by atoms with Gasteiger partial charge in [0, 0.05) is 18.9 Å². The Hall–Kier alpha value is -4.52. The number of hydrogen-bond donors (Lipinski definition) is 3. The molecule has 1 aliphatic rings. The Labute approximate surface area is 227 Å². The lowest BCUT2D eigenvalue weighted by atomic mass is 9.89. The van der Waals surface area contributed by atoms with Gasteiger partial charge in [-0.25, -0.2) is 27.6 Å². The second-order valence-corrected chi connectivity index (χ2v) is 9.66. The van der Waals surface area contributed by atoms with Crippen LogP contribution >= 0.6 is 0 Å². The molecule has 3 aromatic heterocycles. The molecule has 13 heteroatoms. The second-order valence-electron chi connectivity index (χ2n) is 9.66. The van der Waals surface area contributed by atoms with Crippen molar-refractivity contribution in [2.24, 2.45) is 5.92 Å². The van der Waals surface area contributed by atoms with Gasteiger partial charge >= 0.3 is 6.09 Å². The molecule has 40 heavy (non-hydrogen) atoms. The minimum absolute atomic E-state index is 0.000519. The molecule has 10 nitrogen and oxygen atoms in total. The predicted octanol–water partition coefficient (Wildman–Crippen LogP) is 4.41. The molecular formula is C27H27F3N8O2. The van der Waals surface area contributed by atoms with E-state index in [2.05, 4.69) is 30.9 Å². The SMILES string of the molecule is Cc1cn([C@@H]2[C@H](N(C(=O)O)c3ccncc3NCc3ccc(F)c(-c4c(F)cccc4F)n3)CNC[C@@H]2C)nn1. The van der Waals surface area contributed by atoms with E-state index in [0.717, 1.165) is 23.9 Å². The topological polar surface area (TPSA) is 121 Å². The molecule has 1 amide bonds. The van der Waals surface area contributed by atoms with Crippen molar-refractivity contribution < 1.29 is 23.1 Å². The summed E-state index contributed by atoms with van der Waals surface area (Å²) in [4.78, 5) is 22.3. The maximum absolute atomic E-state index is 14.5. The summed E-state index contributed by atoms with van der Waals surface area (Å²) < 4.78 is 44.9. The Morgan fingerprint density at radius 2 is 1.93 bits per heavy atom. The molecule has 1 aliphatic heterocycles. The Morgan fingerprint density at radius 1 is 1.15 bits per heavy atom. The van der Waals surface area contributed by atoms with E-state index in [1.165, 1.54) is 29.4 Å². The zero-order valence-corrected chi connectivity index (χ0v) is 21.7. The molecule has 0 aliphatic carbocycles. The Balaban J connectivity index is 1.45. The smallest absolute Gasteiger partial charge is 0.412 e. The van der Waals surface area contributed by atoms with Gasteiger partial charge in [-0.3, -0.25) is 9.88 Å². The Bertz CT molecular complexity index is 1510. The number of rotatable bonds is 7. The number of aromatic nitrogens is 5. The number of carbonyl (C=O) groups is 1. The van der Waals surface area contributed by atoms with Gasteiger partial charge in [0.05, 0.1) is 53.2 Å². The molecule has 0 bridgehead atoms. The molecule has 1 aromatic carbocycles. The number of halogens is 3. The van der Waals surface area contributed by atoms with Crippen molar-refractivity contribution in [3.05, 3.63) is 83.8 Å². The molecule has 1 fully saturated rings. The van der Waals surface area contributed by atoms with Crippen molar-refractivity contribution in [1.29, 1.82) is 0 Å². The summed E-state index contributed by atoms with van der Waals surface area (Å²) >= 11 is 0. The van der Waals surface area contributed by atoms with Crippen LogP contribution in [0.4, 0.5) is 29.3 Å². The second kappa shape index (κ2) is 11.3. The van der Waals surface area contributed by atoms with E-state index in [4.69, 9.17) is 0 Å². The van der Waals surface area contributed by atoms with Gasteiger partial charge in [0.25, 0.3) is 0 Å². The normalized spacial score (nSPS) is 18.9. The van der Waals surface area contributed by atoms with Crippen LogP contribution < -0.4 is 15.5 Å². The van der Waals surface area contributed by atoms with Crippen LogP contribution in [0.3, 0.4) is 0 Å². The lowest BCUT2D eigenvalue weighted by molar-refractivity contribution is 0.176. The molecule has 3 atom stereocenters. The number of amides is 1. The van der Waals surface area contributed by atoms with Gasteiger partial charge < -0.3 is 15.7 Å². The number of hydrogen-bond acceptors (Lipinski definition) is 7. The number of nitrogens with one attached hydrogen (secondary N) is 2. The number of nitrogens with zero attached hydrogens (tertiary/aromatic N) is 6. The summed E-state index contributed by atoms with van der Waals surface area (Å²) in [5.41, 5.74) is 0.698. The largest absolute Gasteiger partial charge is 0.465 e. The highest BCUT2D eigenvalue weighted by molar-refractivity contribution is 5.91. The monoisotopic (exact) mass is 552 g/mol. The number of anilines is 2. The van der Waals surface area contributed by atoms with Crippen molar-refractivity contribution in [2.75, 3.05) is 23.3 Å². The van der Waals surface area contributed by atoms with Crippen LogP contribution in [0.25, 0.3) is 11.3 Å². The van der Waals surface area contributed by atoms with Gasteiger partial charge in [-0.05, 0) is 49.7 Å². The van der Waals surface area contributed by atoms with Crippen LogP contribution in [0.5, 0.6) is 0 Å². The van der Waals surface area contributed by atoms with Crippen molar-refractivity contribution in [1.82, 2.24) is 30.3 Å². The minimum atomic E-state index is -1.17. The molecule has 5 rings (SSSR count). The van der Waals surface area contributed by atoms with Crippen molar-refractivity contribution >= 4 is 17.5 Å². The number of aryl methyl sites for hydroxylation is 1. The van der Waals surface area contributed by atoms with E-state index in [1.807, 2.05) is 13.8 Å². The molecule has 0 radical (unpaired) electrons. The van der Waals surface area contributed by atoms with Crippen LogP contribution in [-0.4, -0.2) is 55.3 Å². The fourth-order valence-corrected chi connectivity index (χ4v) is 5.09. The summed E-state index contributed by atoms with van der Waals surface area (Å²) in [6.45, 7) is 4.89. The standard InChI is InChI=1S/C27H27F3N8O2/c1-15-10-32-13-23(26(15)37-14-16(2)35-36-37)38(27(39)40)22-8-9-31-12-21(22)33-11-17-6-7-20(30)25(34-17)24-18(28)4-3-5-19(24)29/h3-9,12,14-15,23,26,32-33H,10-11,13H2,1-2H3,(H,39,40)/t15-,23+,26-/m0/s1. The molecular weight excluding hydrogens is 525 g/mol. The average Bonchev–Trinajstić information content (AvgIpc) is 3.35. The lowest BCUT2D eigenvalue weighted by Gasteiger charge is -2.42. The number of pyridine rings is 2. The van der Waals surface area contributed by atoms with Crippen LogP contribution in [-0.2, 0) is 6.54 Å². The lowest BCUT2D eigenvalue weighted by Crippen LogP contribution is -2.57. The zero-order chi connectivity index (χ0) is 28.4. The summed E-state index contributed by atoms with van der Waals surface area (Å²) in [7, 11) is 0. The third-order valence-electron chi connectivity index (χ3n) is 6.89. The average molecular weight is 553 g/mol. The van der Waals surface area contributed by atoms with Crippen LogP contribution in [0.15, 0.2) is 55.0 Å². The number of benzene rings is 1. The maximum atomic E-state index is 14.5. The first-order valence-corrected chi connectivity index (χ1v) is 12.6. The summed E-state index contributed by atoms with van der Waals surface area (Å²) in [6.07, 6.45) is 3.58. The zero-order valence-electron chi connectivity index (χ0n) is 21.7. The van der Waals surface area contributed by atoms with E-state index in [1.54, 1.807) is 16.9 Å². The van der Waals surface area contributed by atoms with Crippen LogP contribution in [0, 0.1) is 30.3 Å². The van der Waals surface area contributed by atoms with Gasteiger partial charge in [-0.2, -0.15) is 0 Å². The van der Waals surface area contributed by atoms with Crippen LogP contribution in [0.1, 0.15) is 24.4 Å². The van der Waals surface area contributed by atoms with Gasteiger partial charge in [-0.1, -0.05) is 18.2 Å². The van der Waals surface area contributed by atoms with Crippen LogP contribution in [0.2, 0.25) is 0 Å². The highest BCUT2D eigenvalue weighted by Crippen LogP contribution is 2.35. The van der Waals surface area contributed by atoms with Crippen molar-refractivity contribution in [3.8, 4) is 11.3 Å². The van der Waals surface area contributed by atoms with Crippen molar-refractivity contribution in [3.63, 3.8) is 0 Å². The van der Waals surface area contributed by atoms with Gasteiger partial charge in [-0.15, -0.1) is 5.10 Å². The highest BCUT2D eigenvalue weighted by Gasteiger charge is 2.40. The molecule has 0 spiro atoms. The maximum Gasteiger partial charge on any atom is 0.412 e. The van der Waals surface area contributed by atoms with E-state index in [-0.39, 0.29) is 24.2 Å². The van der Waals surface area contributed by atoms with Gasteiger partial charge in [0.1, 0.15) is 23.1 Å². The van der Waals surface area contributed by atoms with Gasteiger partial charge in [0.2, 0.25) is 0 Å². The Kier molecular flexibility index (Phi) is 7.65. The minimum Gasteiger partial charge on any atom is -0.465 e. The van der Waals surface area contributed by atoms with E-state index >= 15 is 0 Å². The number of carboxylic acid groups (broad SMARTS) is 1. The third-order valence-corrected chi connectivity index (χ3v) is 6.89. The fraction of sp³-hybridized carbons (Fsp3) is 0.296. The third kappa shape index (κ3) is 5.32. The summed E-state index contributed by atoms with van der Waals surface area (Å²) in [6, 6.07) is 6.46. The highest BCUT2D eigenvalue weighted by atomic mass is 19.1. The summed E-state index contributed by atoms with van der Waals surface area (Å²) in [5.74, 6) is -2.70. The van der Waals surface area contributed by atoms with E-state index < -0.39 is 40.8 Å². The first-order valence-electron chi connectivity index (χ1n) is 12.6. The summed E-state index contributed by atoms with van der Waals surface area (Å²) in [5, 5.41) is 25.1. The predicted molar refractivity (Wildman–Crippen MR) is 141 cm³/mol.